The Morgan fingerprint density at radius 2 is 0.776 bits per heavy atom. The predicted molar refractivity (Wildman–Crippen MR) is 234 cm³/mol. The van der Waals surface area contributed by atoms with Crippen molar-refractivity contribution in [2.75, 3.05) is 0 Å². The van der Waals surface area contributed by atoms with Gasteiger partial charge in [0, 0.05) is 33.7 Å². The number of pyridine rings is 1. The third-order valence-electron chi connectivity index (χ3n) is 11.2. The fourth-order valence-electron chi connectivity index (χ4n) is 8.66. The molecule has 0 N–H and O–H groups in total. The smallest absolute Gasteiger partial charge is 0.164 e. The van der Waals surface area contributed by atoms with E-state index in [1.54, 1.807) is 6.20 Å². The predicted octanol–water partition coefficient (Wildman–Crippen LogP) is 13.7. The minimum absolute atomic E-state index is 0.554. The quantitative estimate of drug-likeness (QED) is 0.175. The van der Waals surface area contributed by atoms with E-state index in [1.165, 1.54) is 16.3 Å². The molecule has 0 saturated carbocycles. The number of benzene rings is 8. The number of fused-ring (bicyclic) bond motifs is 8. The highest BCUT2D eigenvalue weighted by Gasteiger charge is 2.21. The number of furan rings is 2. The highest BCUT2D eigenvalue weighted by atomic mass is 16.3. The van der Waals surface area contributed by atoms with E-state index < -0.39 is 0 Å². The highest BCUT2D eigenvalue weighted by molar-refractivity contribution is 6.18. The maximum Gasteiger partial charge on any atom is 0.164 e. The normalized spacial score (nSPS) is 11.8. The third-order valence-corrected chi connectivity index (χ3v) is 11.2. The first-order valence-electron chi connectivity index (χ1n) is 19.3. The van der Waals surface area contributed by atoms with Gasteiger partial charge in [-0.15, -0.1) is 0 Å². The second-order valence-corrected chi connectivity index (χ2v) is 14.5. The topological polar surface area (TPSA) is 77.8 Å². The van der Waals surface area contributed by atoms with Crippen molar-refractivity contribution in [2.45, 2.75) is 0 Å². The molecule has 8 aromatic carbocycles. The molecule has 0 atom stereocenters. The number of aromatic nitrogens is 4. The Hall–Kier alpha value is -7.96. The van der Waals surface area contributed by atoms with Gasteiger partial charge in [0.15, 0.2) is 23.1 Å². The molecule has 0 radical (unpaired) electrons. The standard InChI is InChI=1S/C52H30N4O2/c1-2-13-31(14-3-1)50-54-51(56-52(55-50)42-21-11-24-45-48(42)49-46(58-45)25-12-30-53-49)40-29-28-37(34-17-6-7-18-35(34)40)36-26-27-38(33-16-5-4-15-32(33)36)39-20-10-23-44-47(39)41-19-8-9-22-43(41)57-44/h1-30H. The minimum Gasteiger partial charge on any atom is -0.456 e. The van der Waals surface area contributed by atoms with Crippen LogP contribution in [0.25, 0.3) is 122 Å². The van der Waals surface area contributed by atoms with E-state index in [2.05, 4.69) is 103 Å². The lowest BCUT2D eigenvalue weighted by Gasteiger charge is -2.16. The van der Waals surface area contributed by atoms with Crippen LogP contribution in [0.15, 0.2) is 191 Å². The number of hydrogen-bond donors (Lipinski definition) is 0. The van der Waals surface area contributed by atoms with E-state index in [4.69, 9.17) is 28.8 Å². The maximum absolute atomic E-state index is 6.29. The van der Waals surface area contributed by atoms with E-state index >= 15 is 0 Å². The van der Waals surface area contributed by atoms with Crippen LogP contribution in [-0.2, 0) is 0 Å². The van der Waals surface area contributed by atoms with Crippen LogP contribution in [0.5, 0.6) is 0 Å². The SMILES string of the molecule is c1ccc(-c2nc(-c3ccc(-c4ccc(-c5cccc6oc7ccccc7c56)c5ccccc45)c4ccccc34)nc(-c3cccc4oc5cccnc5c34)n2)cc1. The third kappa shape index (κ3) is 4.98. The zero-order chi connectivity index (χ0) is 38.2. The second kappa shape index (κ2) is 12.8. The van der Waals surface area contributed by atoms with Crippen LogP contribution in [0.2, 0.25) is 0 Å². The van der Waals surface area contributed by atoms with Crippen molar-refractivity contribution >= 4 is 65.6 Å². The Bertz CT molecular complexity index is 3590. The van der Waals surface area contributed by atoms with Crippen LogP contribution < -0.4 is 0 Å². The number of nitrogens with zero attached hydrogens (tertiary/aromatic N) is 4. The Balaban J connectivity index is 1.06. The van der Waals surface area contributed by atoms with Crippen molar-refractivity contribution in [3.63, 3.8) is 0 Å². The lowest BCUT2D eigenvalue weighted by Crippen LogP contribution is -2.01. The van der Waals surface area contributed by atoms with Gasteiger partial charge in [-0.05, 0) is 80.2 Å². The zero-order valence-corrected chi connectivity index (χ0v) is 30.9. The molecule has 0 saturated heterocycles. The number of hydrogen-bond acceptors (Lipinski definition) is 6. The van der Waals surface area contributed by atoms with Crippen LogP contribution in [-0.4, -0.2) is 19.9 Å². The van der Waals surface area contributed by atoms with Crippen molar-refractivity contribution < 1.29 is 8.83 Å². The zero-order valence-electron chi connectivity index (χ0n) is 30.9. The summed E-state index contributed by atoms with van der Waals surface area (Å²) in [6.45, 7) is 0. The molecule has 0 aliphatic carbocycles. The van der Waals surface area contributed by atoms with Crippen LogP contribution in [0.1, 0.15) is 0 Å². The van der Waals surface area contributed by atoms with Crippen LogP contribution in [0, 0.1) is 0 Å². The largest absolute Gasteiger partial charge is 0.456 e. The molecule has 0 spiro atoms. The summed E-state index contributed by atoms with van der Waals surface area (Å²) in [6, 6.07) is 60.6. The van der Waals surface area contributed by atoms with Gasteiger partial charge >= 0.3 is 0 Å². The highest BCUT2D eigenvalue weighted by Crippen LogP contribution is 2.44. The van der Waals surface area contributed by atoms with Crippen LogP contribution in [0.4, 0.5) is 0 Å². The Kier molecular flexibility index (Phi) is 7.13. The molecule has 270 valence electrons. The van der Waals surface area contributed by atoms with Crippen molar-refractivity contribution in [3.8, 4) is 56.4 Å². The Morgan fingerprint density at radius 1 is 0.293 bits per heavy atom. The van der Waals surface area contributed by atoms with E-state index in [0.29, 0.717) is 17.5 Å². The first kappa shape index (κ1) is 32.3. The molecule has 4 aromatic heterocycles. The average molecular weight is 743 g/mol. The number of para-hydroxylation sites is 1. The minimum atomic E-state index is 0.554. The molecule has 0 fully saturated rings. The van der Waals surface area contributed by atoms with Crippen molar-refractivity contribution in [3.05, 3.63) is 182 Å². The van der Waals surface area contributed by atoms with E-state index in [1.807, 2.05) is 72.8 Å². The lowest BCUT2D eigenvalue weighted by molar-refractivity contribution is 0.668. The molecule has 0 aliphatic rings. The summed E-state index contributed by atoms with van der Waals surface area (Å²) in [5, 5.41) is 7.63. The summed E-state index contributed by atoms with van der Waals surface area (Å²) in [4.78, 5) is 20.2. The van der Waals surface area contributed by atoms with Gasteiger partial charge < -0.3 is 8.83 Å². The monoisotopic (exact) mass is 742 g/mol. The molecular weight excluding hydrogens is 713 g/mol. The van der Waals surface area contributed by atoms with Gasteiger partial charge in [0.1, 0.15) is 22.3 Å². The molecule has 6 heteroatoms. The van der Waals surface area contributed by atoms with E-state index in [9.17, 15) is 0 Å². The Labute approximate surface area is 331 Å². The van der Waals surface area contributed by atoms with Gasteiger partial charge in [-0.1, -0.05) is 140 Å². The molecule has 12 aromatic rings. The fourth-order valence-corrected chi connectivity index (χ4v) is 8.66. The number of rotatable bonds is 5. The molecule has 12 rings (SSSR count). The van der Waals surface area contributed by atoms with E-state index in [-0.39, 0.29) is 0 Å². The summed E-state index contributed by atoms with van der Waals surface area (Å²) < 4.78 is 12.5. The second-order valence-electron chi connectivity index (χ2n) is 14.5. The first-order valence-corrected chi connectivity index (χ1v) is 19.3. The van der Waals surface area contributed by atoms with Gasteiger partial charge in [-0.25, -0.2) is 15.0 Å². The van der Waals surface area contributed by atoms with Gasteiger partial charge in [-0.2, -0.15) is 0 Å². The molecule has 58 heavy (non-hydrogen) atoms. The molecule has 4 heterocycles. The molecule has 0 aliphatic heterocycles. The van der Waals surface area contributed by atoms with Gasteiger partial charge in [0.25, 0.3) is 0 Å². The van der Waals surface area contributed by atoms with Gasteiger partial charge in [-0.3, -0.25) is 4.98 Å². The fraction of sp³-hybridized carbons (Fsp3) is 0. The first-order chi connectivity index (χ1) is 28.8. The average Bonchev–Trinajstić information content (AvgIpc) is 3.87. The molecular formula is C52H30N4O2. The molecule has 0 unspecified atom stereocenters. The summed E-state index contributed by atoms with van der Waals surface area (Å²) in [6.07, 6.45) is 1.79. The lowest BCUT2D eigenvalue weighted by atomic mass is 9.88. The summed E-state index contributed by atoms with van der Waals surface area (Å²) in [5.74, 6) is 1.73. The summed E-state index contributed by atoms with van der Waals surface area (Å²) >= 11 is 0. The van der Waals surface area contributed by atoms with Gasteiger partial charge in [0.05, 0.1) is 5.39 Å². The van der Waals surface area contributed by atoms with E-state index in [0.717, 1.165) is 88.2 Å². The van der Waals surface area contributed by atoms with Crippen molar-refractivity contribution in [1.29, 1.82) is 0 Å². The van der Waals surface area contributed by atoms with Crippen molar-refractivity contribution in [1.82, 2.24) is 19.9 Å². The van der Waals surface area contributed by atoms with Crippen LogP contribution in [0.3, 0.4) is 0 Å². The molecule has 0 bridgehead atoms. The van der Waals surface area contributed by atoms with Crippen LogP contribution >= 0.6 is 0 Å². The maximum atomic E-state index is 6.29. The summed E-state index contributed by atoms with van der Waals surface area (Å²) in [7, 11) is 0. The Morgan fingerprint density at radius 3 is 1.48 bits per heavy atom. The molecule has 0 amide bonds. The summed E-state index contributed by atoms with van der Waals surface area (Å²) in [5.41, 5.74) is 11.3. The van der Waals surface area contributed by atoms with Gasteiger partial charge in [0.2, 0.25) is 0 Å². The molecule has 6 nitrogen and oxygen atoms in total. The van der Waals surface area contributed by atoms with Crippen molar-refractivity contribution in [2.24, 2.45) is 0 Å².